The highest BCUT2D eigenvalue weighted by atomic mass is 16.5. The third kappa shape index (κ3) is 4.61. The predicted octanol–water partition coefficient (Wildman–Crippen LogP) is 2.43. The van der Waals surface area contributed by atoms with E-state index < -0.39 is 5.97 Å². The Morgan fingerprint density at radius 2 is 2.15 bits per heavy atom. The number of nitrogens with one attached hydrogen (secondary N) is 2. The number of benzene rings is 1. The summed E-state index contributed by atoms with van der Waals surface area (Å²) < 4.78 is 16.3. The second kappa shape index (κ2) is 8.62. The Hall–Kier alpha value is -2.96. The minimum Gasteiger partial charge on any atom is -0.488 e. The van der Waals surface area contributed by atoms with Gasteiger partial charge in [0, 0.05) is 13.0 Å². The molecule has 1 aliphatic rings. The maximum atomic E-state index is 11.7. The standard InChI is InChI=1S/C20H25N3O4/c1-4-21-20(22-11-15-9-14-7-5-6-8-18(14)27-15)23-12-16-10-17(13(2)26-16)19(24)25-3/h5-8,10,15H,4,9,11-12H2,1-3H3,(H2,21,22,23). The van der Waals surface area contributed by atoms with Crippen molar-refractivity contribution in [1.82, 2.24) is 10.6 Å². The van der Waals surface area contributed by atoms with Crippen LogP contribution in [-0.4, -0.2) is 38.2 Å². The maximum Gasteiger partial charge on any atom is 0.341 e. The molecule has 7 heteroatoms. The number of nitrogens with zero attached hydrogens (tertiary/aromatic N) is 1. The number of para-hydroxylation sites is 1. The van der Waals surface area contributed by atoms with Crippen molar-refractivity contribution in [2.45, 2.75) is 32.9 Å². The molecule has 2 heterocycles. The number of aryl methyl sites for hydroxylation is 1. The first kappa shape index (κ1) is 18.8. The van der Waals surface area contributed by atoms with Crippen LogP contribution in [0.3, 0.4) is 0 Å². The van der Waals surface area contributed by atoms with Gasteiger partial charge in [0.05, 0.1) is 13.7 Å². The highest BCUT2D eigenvalue weighted by Crippen LogP contribution is 2.27. The Labute approximate surface area is 158 Å². The number of methoxy groups -OCH3 is 1. The molecule has 0 fully saturated rings. The van der Waals surface area contributed by atoms with Gasteiger partial charge in [-0.2, -0.15) is 0 Å². The minimum absolute atomic E-state index is 0.0723. The van der Waals surface area contributed by atoms with Gasteiger partial charge in [0.25, 0.3) is 0 Å². The number of ether oxygens (including phenoxy) is 2. The van der Waals surface area contributed by atoms with Gasteiger partial charge >= 0.3 is 5.97 Å². The van der Waals surface area contributed by atoms with Gasteiger partial charge < -0.3 is 24.5 Å². The lowest BCUT2D eigenvalue weighted by Gasteiger charge is -2.15. The topological polar surface area (TPSA) is 85.1 Å². The predicted molar refractivity (Wildman–Crippen MR) is 102 cm³/mol. The number of guanidine groups is 1. The molecule has 0 bridgehead atoms. The molecule has 2 N–H and O–H groups in total. The molecular weight excluding hydrogens is 346 g/mol. The van der Waals surface area contributed by atoms with Crippen molar-refractivity contribution in [3.63, 3.8) is 0 Å². The van der Waals surface area contributed by atoms with E-state index in [0.717, 1.165) is 18.7 Å². The van der Waals surface area contributed by atoms with E-state index in [4.69, 9.17) is 13.9 Å². The summed E-state index contributed by atoms with van der Waals surface area (Å²) in [5.74, 6) is 2.35. The monoisotopic (exact) mass is 371 g/mol. The molecule has 7 nitrogen and oxygen atoms in total. The lowest BCUT2D eigenvalue weighted by molar-refractivity contribution is 0.0599. The van der Waals surface area contributed by atoms with Crippen molar-refractivity contribution in [3.05, 3.63) is 53.0 Å². The fourth-order valence-electron chi connectivity index (χ4n) is 3.01. The highest BCUT2D eigenvalue weighted by Gasteiger charge is 2.22. The molecule has 0 saturated carbocycles. The molecule has 1 aromatic carbocycles. The van der Waals surface area contributed by atoms with Crippen LogP contribution in [0.25, 0.3) is 0 Å². The normalized spacial score (nSPS) is 15.8. The van der Waals surface area contributed by atoms with Crippen LogP contribution in [0.1, 0.15) is 34.4 Å². The number of fused-ring (bicyclic) bond motifs is 1. The van der Waals surface area contributed by atoms with E-state index in [9.17, 15) is 4.79 Å². The quantitative estimate of drug-likeness (QED) is 0.461. The summed E-state index contributed by atoms with van der Waals surface area (Å²) in [6, 6.07) is 9.76. The van der Waals surface area contributed by atoms with Crippen molar-refractivity contribution < 1.29 is 18.7 Å². The van der Waals surface area contributed by atoms with Gasteiger partial charge in [0.2, 0.25) is 0 Å². The number of hydrogen-bond donors (Lipinski definition) is 2. The summed E-state index contributed by atoms with van der Waals surface area (Å²) in [6.45, 7) is 5.44. The van der Waals surface area contributed by atoms with Gasteiger partial charge in [-0.1, -0.05) is 18.2 Å². The van der Waals surface area contributed by atoms with Crippen molar-refractivity contribution in [1.29, 1.82) is 0 Å². The second-order valence-corrected chi connectivity index (χ2v) is 6.30. The smallest absolute Gasteiger partial charge is 0.341 e. The van der Waals surface area contributed by atoms with Crippen molar-refractivity contribution in [2.75, 3.05) is 20.2 Å². The molecule has 1 aliphatic heterocycles. The van der Waals surface area contributed by atoms with Crippen LogP contribution >= 0.6 is 0 Å². The van der Waals surface area contributed by atoms with E-state index in [1.807, 2.05) is 25.1 Å². The maximum absolute atomic E-state index is 11.7. The Balaban J connectivity index is 1.58. The van der Waals surface area contributed by atoms with Crippen molar-refractivity contribution in [2.24, 2.45) is 4.99 Å². The van der Waals surface area contributed by atoms with E-state index >= 15 is 0 Å². The third-order valence-electron chi connectivity index (χ3n) is 4.32. The lowest BCUT2D eigenvalue weighted by Crippen LogP contribution is -2.42. The van der Waals surface area contributed by atoms with Crippen LogP contribution in [0.2, 0.25) is 0 Å². The Bertz CT molecular complexity index is 803. The van der Waals surface area contributed by atoms with Crippen LogP contribution in [0.15, 0.2) is 39.7 Å². The lowest BCUT2D eigenvalue weighted by atomic mass is 10.1. The largest absolute Gasteiger partial charge is 0.488 e. The number of esters is 1. The molecule has 3 rings (SSSR count). The van der Waals surface area contributed by atoms with E-state index in [0.29, 0.717) is 36.1 Å². The fourth-order valence-corrected chi connectivity index (χ4v) is 3.01. The molecule has 0 radical (unpaired) electrons. The van der Waals surface area contributed by atoms with Crippen LogP contribution in [-0.2, 0) is 17.7 Å². The van der Waals surface area contributed by atoms with Gasteiger partial charge in [-0.3, -0.25) is 0 Å². The first-order valence-electron chi connectivity index (χ1n) is 9.05. The first-order valence-corrected chi connectivity index (χ1v) is 9.05. The third-order valence-corrected chi connectivity index (χ3v) is 4.32. The van der Waals surface area contributed by atoms with Crippen LogP contribution in [0, 0.1) is 6.92 Å². The van der Waals surface area contributed by atoms with E-state index in [2.05, 4.69) is 21.7 Å². The highest BCUT2D eigenvalue weighted by molar-refractivity contribution is 5.90. The fraction of sp³-hybridized carbons (Fsp3) is 0.400. The second-order valence-electron chi connectivity index (χ2n) is 6.30. The minimum atomic E-state index is -0.408. The average molecular weight is 371 g/mol. The number of carbonyl (C=O) groups is 1. The van der Waals surface area contributed by atoms with Gasteiger partial charge in [-0.05, 0) is 31.5 Å². The molecule has 1 atom stereocenters. The van der Waals surface area contributed by atoms with Crippen molar-refractivity contribution in [3.8, 4) is 5.75 Å². The van der Waals surface area contributed by atoms with E-state index in [1.54, 1.807) is 13.0 Å². The number of rotatable bonds is 6. The molecule has 0 saturated heterocycles. The number of furan rings is 1. The first-order chi connectivity index (χ1) is 13.1. The summed E-state index contributed by atoms with van der Waals surface area (Å²) in [6.07, 6.45) is 0.950. The molecule has 0 amide bonds. The molecule has 0 spiro atoms. The SMILES string of the molecule is CCNC(=NCc1cc(C(=O)OC)c(C)o1)NCC1Cc2ccccc2O1. The molecule has 1 aromatic heterocycles. The van der Waals surface area contributed by atoms with E-state index in [1.165, 1.54) is 12.7 Å². The van der Waals surface area contributed by atoms with Gasteiger partial charge in [-0.15, -0.1) is 0 Å². The zero-order chi connectivity index (χ0) is 19.2. The number of hydrogen-bond acceptors (Lipinski definition) is 5. The summed E-state index contributed by atoms with van der Waals surface area (Å²) in [4.78, 5) is 16.2. The Morgan fingerprint density at radius 1 is 1.33 bits per heavy atom. The Kier molecular flexibility index (Phi) is 6.01. The van der Waals surface area contributed by atoms with Crippen LogP contribution < -0.4 is 15.4 Å². The average Bonchev–Trinajstić information content (AvgIpc) is 3.26. The number of aliphatic imine (C=N–C) groups is 1. The van der Waals surface area contributed by atoms with E-state index in [-0.39, 0.29) is 6.10 Å². The molecular formula is C20H25N3O4. The molecule has 27 heavy (non-hydrogen) atoms. The zero-order valence-corrected chi connectivity index (χ0v) is 15.9. The molecule has 144 valence electrons. The summed E-state index contributed by atoms with van der Waals surface area (Å²) in [7, 11) is 1.35. The van der Waals surface area contributed by atoms with Crippen LogP contribution in [0.4, 0.5) is 0 Å². The van der Waals surface area contributed by atoms with Crippen LogP contribution in [0.5, 0.6) is 5.75 Å². The van der Waals surface area contributed by atoms with Gasteiger partial charge in [-0.25, -0.2) is 9.79 Å². The van der Waals surface area contributed by atoms with Gasteiger partial charge in [0.1, 0.15) is 35.5 Å². The molecule has 0 aliphatic carbocycles. The summed E-state index contributed by atoms with van der Waals surface area (Å²) >= 11 is 0. The Morgan fingerprint density at radius 3 is 2.89 bits per heavy atom. The van der Waals surface area contributed by atoms with Gasteiger partial charge in [0.15, 0.2) is 5.96 Å². The zero-order valence-electron chi connectivity index (χ0n) is 15.9. The molecule has 2 aromatic rings. The number of carbonyl (C=O) groups excluding carboxylic acids is 1. The summed E-state index contributed by atoms with van der Waals surface area (Å²) in [5.41, 5.74) is 1.66. The summed E-state index contributed by atoms with van der Waals surface area (Å²) in [5, 5.41) is 6.51. The van der Waals surface area contributed by atoms with Crippen molar-refractivity contribution >= 4 is 11.9 Å². The molecule has 1 unspecified atom stereocenters.